The second-order valence-corrected chi connectivity index (χ2v) is 3.74. The first kappa shape index (κ1) is 13.4. The van der Waals surface area contributed by atoms with Crippen molar-refractivity contribution in [2.24, 2.45) is 0 Å². The molecule has 0 aliphatic carbocycles. The molecule has 2 N–H and O–H groups in total. The van der Waals surface area contributed by atoms with Crippen LogP contribution in [0, 0.1) is 17.0 Å². The molecule has 10 nitrogen and oxygen atoms in total. The molecule has 0 amide bonds. The Hall–Kier alpha value is -3.04. The van der Waals surface area contributed by atoms with Gasteiger partial charge in [-0.3, -0.25) is 10.1 Å². The Morgan fingerprint density at radius 2 is 2.35 bits per heavy atom. The molecule has 10 heteroatoms. The molecule has 0 unspecified atom stereocenters. The molecule has 0 aliphatic rings. The number of anilines is 1. The van der Waals surface area contributed by atoms with Crippen molar-refractivity contribution < 1.29 is 19.3 Å². The van der Waals surface area contributed by atoms with Crippen molar-refractivity contribution in [1.82, 2.24) is 15.1 Å². The van der Waals surface area contributed by atoms with Gasteiger partial charge in [0.1, 0.15) is 0 Å². The Morgan fingerprint density at radius 3 is 2.90 bits per heavy atom. The lowest BCUT2D eigenvalue weighted by atomic mass is 10.2. The van der Waals surface area contributed by atoms with Crippen molar-refractivity contribution in [2.75, 3.05) is 5.32 Å². The van der Waals surface area contributed by atoms with E-state index in [1.807, 2.05) is 0 Å². The van der Waals surface area contributed by atoms with Gasteiger partial charge in [-0.25, -0.2) is 9.78 Å². The number of nitro groups is 1. The predicted molar refractivity (Wildman–Crippen MR) is 64.2 cm³/mol. The van der Waals surface area contributed by atoms with Gasteiger partial charge in [0.15, 0.2) is 5.82 Å². The predicted octanol–water partition coefficient (Wildman–Crippen LogP) is 0.992. The van der Waals surface area contributed by atoms with Crippen LogP contribution in [-0.2, 0) is 6.54 Å². The zero-order valence-electron chi connectivity index (χ0n) is 10.2. The number of aromatic nitrogens is 3. The molecule has 2 heterocycles. The van der Waals surface area contributed by atoms with Crippen LogP contribution in [0.25, 0.3) is 0 Å². The third-order valence-electron chi connectivity index (χ3n) is 2.29. The molecule has 0 fully saturated rings. The molecule has 20 heavy (non-hydrogen) atoms. The van der Waals surface area contributed by atoms with E-state index in [-0.39, 0.29) is 17.9 Å². The molecule has 0 aliphatic heterocycles. The smallest absolute Gasteiger partial charge is 0.337 e. The van der Waals surface area contributed by atoms with Gasteiger partial charge < -0.3 is 14.9 Å². The second-order valence-electron chi connectivity index (χ2n) is 3.74. The minimum absolute atomic E-state index is 0.0671. The number of carbonyl (C=O) groups is 1. The van der Waals surface area contributed by atoms with Crippen LogP contribution in [0.3, 0.4) is 0 Å². The molecule has 2 rings (SSSR count). The fourth-order valence-corrected chi connectivity index (χ4v) is 1.42. The van der Waals surface area contributed by atoms with Gasteiger partial charge in [0.2, 0.25) is 11.7 Å². The average Bonchev–Trinajstić information content (AvgIpc) is 2.81. The lowest BCUT2D eigenvalue weighted by Crippen LogP contribution is -2.08. The first-order chi connectivity index (χ1) is 9.47. The lowest BCUT2D eigenvalue weighted by Gasteiger charge is -2.04. The molecule has 0 radical (unpaired) electrons. The van der Waals surface area contributed by atoms with E-state index < -0.39 is 16.6 Å². The van der Waals surface area contributed by atoms with Gasteiger partial charge in [-0.1, -0.05) is 5.16 Å². The van der Waals surface area contributed by atoms with Crippen LogP contribution < -0.4 is 5.32 Å². The first-order valence-electron chi connectivity index (χ1n) is 5.38. The molecule has 2 aromatic heterocycles. The monoisotopic (exact) mass is 279 g/mol. The molecule has 0 atom stereocenters. The van der Waals surface area contributed by atoms with E-state index in [0.29, 0.717) is 11.7 Å². The van der Waals surface area contributed by atoms with E-state index in [0.717, 1.165) is 12.3 Å². The molecule has 0 bridgehead atoms. The van der Waals surface area contributed by atoms with Crippen LogP contribution in [0.5, 0.6) is 0 Å². The summed E-state index contributed by atoms with van der Waals surface area (Å²) in [6, 6.07) is 0.930. The summed E-state index contributed by atoms with van der Waals surface area (Å²) >= 11 is 0. The van der Waals surface area contributed by atoms with Crippen LogP contribution in [0.4, 0.5) is 11.5 Å². The van der Waals surface area contributed by atoms with E-state index >= 15 is 0 Å². The van der Waals surface area contributed by atoms with E-state index in [1.54, 1.807) is 6.92 Å². The Bertz CT molecular complexity index is 668. The summed E-state index contributed by atoms with van der Waals surface area (Å²) in [6.45, 7) is 1.68. The van der Waals surface area contributed by atoms with E-state index in [9.17, 15) is 14.9 Å². The zero-order valence-corrected chi connectivity index (χ0v) is 10.2. The van der Waals surface area contributed by atoms with E-state index in [4.69, 9.17) is 9.63 Å². The quantitative estimate of drug-likeness (QED) is 0.604. The fraction of sp³-hybridized carbons (Fsp3) is 0.200. The van der Waals surface area contributed by atoms with Crippen LogP contribution in [0.2, 0.25) is 0 Å². The van der Waals surface area contributed by atoms with E-state index in [2.05, 4.69) is 20.4 Å². The van der Waals surface area contributed by atoms with Crippen molar-refractivity contribution in [3.05, 3.63) is 39.7 Å². The number of pyridine rings is 1. The standard InChI is InChI=1S/C10H9N5O5/c1-5-13-8(14-20-5)4-12-9-7(15(18)19)2-6(3-11-9)10(16)17/h2-3H,4H2,1H3,(H,11,12)(H,16,17). The number of aryl methyl sites for hydroxylation is 1. The third kappa shape index (κ3) is 2.85. The highest BCUT2D eigenvalue weighted by molar-refractivity contribution is 5.88. The summed E-state index contributed by atoms with van der Waals surface area (Å²) in [5, 5.41) is 25.9. The normalized spacial score (nSPS) is 10.2. The van der Waals surface area contributed by atoms with Crippen molar-refractivity contribution in [2.45, 2.75) is 13.5 Å². The van der Waals surface area contributed by atoms with Gasteiger partial charge in [0.05, 0.1) is 17.0 Å². The molecular weight excluding hydrogens is 270 g/mol. The van der Waals surface area contributed by atoms with Gasteiger partial charge in [-0.05, 0) is 0 Å². The Morgan fingerprint density at radius 1 is 1.60 bits per heavy atom. The van der Waals surface area contributed by atoms with Crippen LogP contribution in [-0.4, -0.2) is 31.1 Å². The maximum Gasteiger partial charge on any atom is 0.337 e. The minimum atomic E-state index is -1.29. The topological polar surface area (TPSA) is 144 Å². The molecule has 0 aromatic carbocycles. The summed E-state index contributed by atoms with van der Waals surface area (Å²) in [4.78, 5) is 28.6. The molecule has 0 saturated heterocycles. The maximum atomic E-state index is 10.9. The summed E-state index contributed by atoms with van der Waals surface area (Å²) in [6.07, 6.45) is 1.03. The minimum Gasteiger partial charge on any atom is -0.478 e. The number of hydrogen-bond donors (Lipinski definition) is 2. The van der Waals surface area contributed by atoms with Gasteiger partial charge in [0.25, 0.3) is 0 Å². The number of nitrogens with one attached hydrogen (secondary N) is 1. The highest BCUT2D eigenvalue weighted by Crippen LogP contribution is 2.23. The Balaban J connectivity index is 2.22. The van der Waals surface area contributed by atoms with Crippen LogP contribution in [0.1, 0.15) is 22.1 Å². The Kier molecular flexibility index (Phi) is 3.55. The number of rotatable bonds is 5. The first-order valence-corrected chi connectivity index (χ1v) is 5.38. The number of aromatic carboxylic acids is 1. The highest BCUT2D eigenvalue weighted by atomic mass is 16.6. The number of carboxylic acid groups (broad SMARTS) is 1. The molecule has 0 saturated carbocycles. The lowest BCUT2D eigenvalue weighted by molar-refractivity contribution is -0.384. The molecule has 104 valence electrons. The number of carboxylic acids is 1. The molecular formula is C10H9N5O5. The number of nitrogens with zero attached hydrogens (tertiary/aromatic N) is 4. The van der Waals surface area contributed by atoms with Crippen molar-refractivity contribution in [3.8, 4) is 0 Å². The largest absolute Gasteiger partial charge is 0.478 e. The zero-order chi connectivity index (χ0) is 14.7. The number of hydrogen-bond acceptors (Lipinski definition) is 8. The average molecular weight is 279 g/mol. The van der Waals surface area contributed by atoms with E-state index in [1.165, 1.54) is 0 Å². The van der Waals surface area contributed by atoms with Gasteiger partial charge in [-0.15, -0.1) is 0 Å². The SMILES string of the molecule is Cc1nc(CNc2ncc(C(=O)O)cc2[N+](=O)[O-])no1. The van der Waals surface area contributed by atoms with Gasteiger partial charge in [0, 0.05) is 19.2 Å². The highest BCUT2D eigenvalue weighted by Gasteiger charge is 2.19. The summed E-state index contributed by atoms with van der Waals surface area (Å²) < 4.78 is 4.75. The molecule has 2 aromatic rings. The van der Waals surface area contributed by atoms with Crippen molar-refractivity contribution >= 4 is 17.5 Å². The Labute approximate surface area is 111 Å². The van der Waals surface area contributed by atoms with Gasteiger partial charge in [-0.2, -0.15) is 4.98 Å². The third-order valence-corrected chi connectivity index (χ3v) is 2.29. The summed E-state index contributed by atoms with van der Waals surface area (Å²) in [5.41, 5.74) is -0.706. The summed E-state index contributed by atoms with van der Waals surface area (Å²) in [5.74, 6) is -0.685. The van der Waals surface area contributed by atoms with Crippen LogP contribution >= 0.6 is 0 Å². The molecule has 0 spiro atoms. The van der Waals surface area contributed by atoms with Crippen molar-refractivity contribution in [3.63, 3.8) is 0 Å². The van der Waals surface area contributed by atoms with Gasteiger partial charge >= 0.3 is 11.7 Å². The summed E-state index contributed by atoms with van der Waals surface area (Å²) in [7, 11) is 0. The van der Waals surface area contributed by atoms with Crippen molar-refractivity contribution in [1.29, 1.82) is 0 Å². The van der Waals surface area contributed by atoms with Crippen LogP contribution in [0.15, 0.2) is 16.8 Å². The fourth-order valence-electron chi connectivity index (χ4n) is 1.42. The second kappa shape index (κ2) is 5.30. The maximum absolute atomic E-state index is 10.9.